The van der Waals surface area contributed by atoms with E-state index in [9.17, 15) is 9.18 Å². The van der Waals surface area contributed by atoms with Crippen molar-refractivity contribution in [2.24, 2.45) is 0 Å². The maximum Gasteiger partial charge on any atom is 0.225 e. The number of hydrogen-bond acceptors (Lipinski definition) is 4. The molecule has 0 spiro atoms. The van der Waals surface area contributed by atoms with Crippen molar-refractivity contribution in [2.45, 2.75) is 12.5 Å². The number of halogens is 1. The molecule has 0 aliphatic carbocycles. The molecular formula is C18H21FN4O. The topological polar surface area (TPSA) is 57.3 Å². The van der Waals surface area contributed by atoms with Crippen molar-refractivity contribution < 1.29 is 9.18 Å². The number of carbonyl (C=O) groups is 1. The maximum absolute atomic E-state index is 13.2. The Balaban J connectivity index is 1.57. The Hall–Kier alpha value is -2.31. The molecule has 1 aliphatic heterocycles. The number of carbonyl (C=O) groups excluding carboxylic acids is 1. The molecular weight excluding hydrogens is 307 g/mol. The lowest BCUT2D eigenvalue weighted by molar-refractivity contribution is -0.116. The normalized spacial score (nSPS) is 18.3. The van der Waals surface area contributed by atoms with E-state index in [1.165, 1.54) is 12.1 Å². The van der Waals surface area contributed by atoms with Crippen LogP contribution in [-0.4, -0.2) is 42.0 Å². The van der Waals surface area contributed by atoms with Crippen LogP contribution >= 0.6 is 0 Å². The maximum atomic E-state index is 13.2. The highest BCUT2D eigenvalue weighted by molar-refractivity contribution is 5.90. The SMILES string of the molecule is O=C(CCN1CCNCC1c1cccnc1)Nc1cccc(F)c1. The highest BCUT2D eigenvalue weighted by Crippen LogP contribution is 2.21. The largest absolute Gasteiger partial charge is 0.326 e. The Labute approximate surface area is 140 Å². The Bertz CT molecular complexity index is 680. The van der Waals surface area contributed by atoms with Gasteiger partial charge in [-0.05, 0) is 29.8 Å². The first-order chi connectivity index (χ1) is 11.7. The van der Waals surface area contributed by atoms with E-state index in [0.717, 1.165) is 25.2 Å². The molecule has 1 unspecified atom stereocenters. The predicted octanol–water partition coefficient (Wildman–Crippen LogP) is 2.20. The fraction of sp³-hybridized carbons (Fsp3) is 0.333. The molecule has 2 aromatic rings. The summed E-state index contributed by atoms with van der Waals surface area (Å²) in [5.41, 5.74) is 1.64. The summed E-state index contributed by atoms with van der Waals surface area (Å²) in [4.78, 5) is 18.6. The van der Waals surface area contributed by atoms with Crippen molar-refractivity contribution in [3.8, 4) is 0 Å². The molecule has 6 heteroatoms. The lowest BCUT2D eigenvalue weighted by Gasteiger charge is -2.36. The number of aromatic nitrogens is 1. The molecule has 1 aliphatic rings. The number of nitrogens with zero attached hydrogens (tertiary/aromatic N) is 2. The van der Waals surface area contributed by atoms with E-state index >= 15 is 0 Å². The van der Waals surface area contributed by atoms with Gasteiger partial charge in [-0.1, -0.05) is 12.1 Å². The molecule has 1 aromatic heterocycles. The lowest BCUT2D eigenvalue weighted by atomic mass is 10.1. The minimum absolute atomic E-state index is 0.107. The zero-order valence-corrected chi connectivity index (χ0v) is 13.4. The van der Waals surface area contributed by atoms with Crippen LogP contribution in [0.25, 0.3) is 0 Å². The Morgan fingerprint density at radius 2 is 2.29 bits per heavy atom. The molecule has 1 fully saturated rings. The van der Waals surface area contributed by atoms with Crippen molar-refractivity contribution in [3.63, 3.8) is 0 Å². The van der Waals surface area contributed by atoms with Gasteiger partial charge >= 0.3 is 0 Å². The fourth-order valence-electron chi connectivity index (χ4n) is 2.95. The molecule has 0 radical (unpaired) electrons. The van der Waals surface area contributed by atoms with Gasteiger partial charge < -0.3 is 10.6 Å². The number of amides is 1. The molecule has 5 nitrogen and oxygen atoms in total. The highest BCUT2D eigenvalue weighted by atomic mass is 19.1. The number of hydrogen-bond donors (Lipinski definition) is 2. The van der Waals surface area contributed by atoms with Crippen LogP contribution in [0.1, 0.15) is 18.0 Å². The molecule has 2 heterocycles. The average molecular weight is 328 g/mol. The third-order valence-corrected chi connectivity index (χ3v) is 4.16. The first-order valence-corrected chi connectivity index (χ1v) is 8.12. The van der Waals surface area contributed by atoms with Crippen LogP contribution in [0.3, 0.4) is 0 Å². The predicted molar refractivity (Wildman–Crippen MR) is 91.1 cm³/mol. The van der Waals surface area contributed by atoms with Crippen LogP contribution in [-0.2, 0) is 4.79 Å². The van der Waals surface area contributed by atoms with Crippen LogP contribution in [0.2, 0.25) is 0 Å². The zero-order valence-electron chi connectivity index (χ0n) is 13.4. The standard InChI is InChI=1S/C18H21FN4O/c19-15-4-1-5-16(11-15)22-18(24)6-9-23-10-8-21-13-17(23)14-3-2-7-20-12-14/h1-5,7,11-12,17,21H,6,8-10,13H2,(H,22,24). The summed E-state index contributed by atoms with van der Waals surface area (Å²) in [6.07, 6.45) is 4.00. The average Bonchev–Trinajstić information content (AvgIpc) is 2.61. The van der Waals surface area contributed by atoms with E-state index in [2.05, 4.69) is 26.6 Å². The zero-order chi connectivity index (χ0) is 16.8. The van der Waals surface area contributed by atoms with Gasteiger partial charge in [0, 0.05) is 56.7 Å². The second-order valence-corrected chi connectivity index (χ2v) is 5.85. The molecule has 1 atom stereocenters. The van der Waals surface area contributed by atoms with E-state index in [-0.39, 0.29) is 17.8 Å². The first kappa shape index (κ1) is 16.5. The third-order valence-electron chi connectivity index (χ3n) is 4.16. The second-order valence-electron chi connectivity index (χ2n) is 5.85. The van der Waals surface area contributed by atoms with Crippen molar-refractivity contribution in [2.75, 3.05) is 31.5 Å². The monoisotopic (exact) mass is 328 g/mol. The minimum atomic E-state index is -0.355. The van der Waals surface area contributed by atoms with Gasteiger partial charge in [0.25, 0.3) is 0 Å². The Kier molecular flexibility index (Phi) is 5.51. The molecule has 0 bridgehead atoms. The molecule has 24 heavy (non-hydrogen) atoms. The quantitative estimate of drug-likeness (QED) is 0.883. The first-order valence-electron chi connectivity index (χ1n) is 8.12. The van der Waals surface area contributed by atoms with E-state index in [4.69, 9.17) is 0 Å². The van der Waals surface area contributed by atoms with Crippen LogP contribution in [0.4, 0.5) is 10.1 Å². The van der Waals surface area contributed by atoms with E-state index in [0.29, 0.717) is 18.7 Å². The summed E-state index contributed by atoms with van der Waals surface area (Å²) < 4.78 is 13.2. The number of piperazine rings is 1. The Morgan fingerprint density at radius 1 is 1.38 bits per heavy atom. The summed E-state index contributed by atoms with van der Waals surface area (Å²) in [6.45, 7) is 3.29. The molecule has 1 saturated heterocycles. The van der Waals surface area contributed by atoms with Crippen LogP contribution < -0.4 is 10.6 Å². The molecule has 2 N–H and O–H groups in total. The highest BCUT2D eigenvalue weighted by Gasteiger charge is 2.24. The van der Waals surface area contributed by atoms with Gasteiger partial charge in [0.05, 0.1) is 0 Å². The van der Waals surface area contributed by atoms with Crippen molar-refractivity contribution in [3.05, 3.63) is 60.2 Å². The van der Waals surface area contributed by atoms with Gasteiger partial charge in [-0.15, -0.1) is 0 Å². The van der Waals surface area contributed by atoms with E-state index < -0.39 is 0 Å². The second kappa shape index (κ2) is 7.99. The number of nitrogens with one attached hydrogen (secondary N) is 2. The van der Waals surface area contributed by atoms with Gasteiger partial charge in [0.2, 0.25) is 5.91 Å². The molecule has 126 valence electrons. The number of rotatable bonds is 5. The van der Waals surface area contributed by atoms with Crippen LogP contribution in [0, 0.1) is 5.82 Å². The van der Waals surface area contributed by atoms with E-state index in [1.807, 2.05) is 12.3 Å². The summed E-state index contributed by atoms with van der Waals surface area (Å²) in [6, 6.07) is 10.2. The fourth-order valence-corrected chi connectivity index (χ4v) is 2.95. The van der Waals surface area contributed by atoms with Crippen LogP contribution in [0.5, 0.6) is 0 Å². The molecule has 0 saturated carbocycles. The summed E-state index contributed by atoms with van der Waals surface area (Å²) >= 11 is 0. The van der Waals surface area contributed by atoms with Gasteiger partial charge in [-0.25, -0.2) is 4.39 Å². The summed E-state index contributed by atoms with van der Waals surface area (Å²) in [5.74, 6) is -0.462. The molecule has 3 rings (SSSR count). The van der Waals surface area contributed by atoms with Crippen molar-refractivity contribution in [1.29, 1.82) is 0 Å². The lowest BCUT2D eigenvalue weighted by Crippen LogP contribution is -2.46. The van der Waals surface area contributed by atoms with Crippen molar-refractivity contribution >= 4 is 11.6 Å². The number of anilines is 1. The molecule has 1 amide bonds. The smallest absolute Gasteiger partial charge is 0.225 e. The minimum Gasteiger partial charge on any atom is -0.326 e. The molecule has 1 aromatic carbocycles. The van der Waals surface area contributed by atoms with Gasteiger partial charge in [0.15, 0.2) is 0 Å². The summed E-state index contributed by atoms with van der Waals surface area (Å²) in [5, 5.41) is 6.13. The van der Waals surface area contributed by atoms with Crippen LogP contribution in [0.15, 0.2) is 48.8 Å². The third kappa shape index (κ3) is 4.37. The number of benzene rings is 1. The van der Waals surface area contributed by atoms with Gasteiger partial charge in [-0.2, -0.15) is 0 Å². The van der Waals surface area contributed by atoms with E-state index in [1.54, 1.807) is 18.3 Å². The van der Waals surface area contributed by atoms with Crippen molar-refractivity contribution in [1.82, 2.24) is 15.2 Å². The Morgan fingerprint density at radius 3 is 3.08 bits per heavy atom. The number of pyridine rings is 1. The van der Waals surface area contributed by atoms with Gasteiger partial charge in [-0.3, -0.25) is 14.7 Å². The summed E-state index contributed by atoms with van der Waals surface area (Å²) in [7, 11) is 0. The van der Waals surface area contributed by atoms with Gasteiger partial charge in [0.1, 0.15) is 5.82 Å².